The van der Waals surface area contributed by atoms with E-state index in [0.717, 1.165) is 34.5 Å². The number of nitrogens with zero attached hydrogens (tertiary/aromatic N) is 2. The molecule has 3 aromatic rings. The molecule has 3 rings (SSSR count). The van der Waals surface area contributed by atoms with E-state index >= 15 is 0 Å². The lowest BCUT2D eigenvalue weighted by Gasteiger charge is -2.10. The molecule has 5 nitrogen and oxygen atoms in total. The predicted molar refractivity (Wildman–Crippen MR) is 80.1 cm³/mol. The molecule has 0 saturated carbocycles. The molecule has 104 valence electrons. The molecule has 20 heavy (non-hydrogen) atoms. The number of aromatic nitrogens is 4. The van der Waals surface area contributed by atoms with E-state index < -0.39 is 0 Å². The fourth-order valence-electron chi connectivity index (χ4n) is 2.40. The molecule has 0 bridgehead atoms. The molecule has 0 spiro atoms. The van der Waals surface area contributed by atoms with Crippen LogP contribution in [0.15, 0.2) is 30.5 Å². The maximum absolute atomic E-state index is 6.18. The van der Waals surface area contributed by atoms with Crippen molar-refractivity contribution < 1.29 is 0 Å². The molecule has 4 N–H and O–H groups in total. The van der Waals surface area contributed by atoms with Gasteiger partial charge in [0.15, 0.2) is 0 Å². The van der Waals surface area contributed by atoms with E-state index in [4.69, 9.17) is 5.73 Å². The van der Waals surface area contributed by atoms with Crippen LogP contribution >= 0.6 is 0 Å². The van der Waals surface area contributed by atoms with Crippen LogP contribution in [0, 0.1) is 5.92 Å². The summed E-state index contributed by atoms with van der Waals surface area (Å²) in [6.07, 6.45) is 2.74. The Balaban J connectivity index is 1.95. The highest BCUT2D eigenvalue weighted by atomic mass is 15.1. The third-order valence-electron chi connectivity index (χ3n) is 3.37. The quantitative estimate of drug-likeness (QED) is 0.680. The summed E-state index contributed by atoms with van der Waals surface area (Å²) >= 11 is 0. The topological polar surface area (TPSA) is 83.4 Å². The van der Waals surface area contributed by atoms with Crippen molar-refractivity contribution in [3.8, 4) is 11.3 Å². The van der Waals surface area contributed by atoms with Gasteiger partial charge in [0.1, 0.15) is 5.82 Å². The molecule has 0 aliphatic carbocycles. The van der Waals surface area contributed by atoms with Crippen LogP contribution in [-0.4, -0.2) is 20.2 Å². The molecule has 1 unspecified atom stereocenters. The Labute approximate surface area is 117 Å². The van der Waals surface area contributed by atoms with Gasteiger partial charge < -0.3 is 10.7 Å². The number of nitrogens with two attached hydrogens (primary N) is 1. The molecule has 0 amide bonds. The van der Waals surface area contributed by atoms with E-state index in [1.165, 1.54) is 0 Å². The standard InChI is InChI=1S/C15H19N5/c1-9(2)7-11(16)15-18-13-4-3-10(8-14(13)19-15)12-5-6-17-20-12/h3-6,8-9,11H,7,16H2,1-2H3,(H,17,20)(H,18,19). The molecule has 0 radical (unpaired) electrons. The summed E-state index contributed by atoms with van der Waals surface area (Å²) in [6.45, 7) is 4.33. The molecule has 2 heterocycles. The minimum Gasteiger partial charge on any atom is -0.341 e. The number of hydrogen-bond donors (Lipinski definition) is 3. The molecule has 1 aromatic carbocycles. The zero-order valence-corrected chi connectivity index (χ0v) is 11.7. The van der Waals surface area contributed by atoms with E-state index in [1.807, 2.05) is 30.5 Å². The van der Waals surface area contributed by atoms with Crippen LogP contribution in [0.4, 0.5) is 0 Å². The lowest BCUT2D eigenvalue weighted by atomic mass is 10.0. The molecule has 2 aromatic heterocycles. The van der Waals surface area contributed by atoms with E-state index in [9.17, 15) is 0 Å². The summed E-state index contributed by atoms with van der Waals surface area (Å²) in [7, 11) is 0. The first-order chi connectivity index (χ1) is 9.63. The molecular weight excluding hydrogens is 250 g/mol. The van der Waals surface area contributed by atoms with Gasteiger partial charge in [0.05, 0.1) is 22.8 Å². The van der Waals surface area contributed by atoms with Crippen molar-refractivity contribution in [1.29, 1.82) is 0 Å². The molecular formula is C15H19N5. The third-order valence-corrected chi connectivity index (χ3v) is 3.37. The van der Waals surface area contributed by atoms with Crippen molar-refractivity contribution in [2.45, 2.75) is 26.3 Å². The number of nitrogens with one attached hydrogen (secondary N) is 2. The summed E-state index contributed by atoms with van der Waals surface area (Å²) in [5, 5.41) is 7.01. The fourth-order valence-corrected chi connectivity index (χ4v) is 2.40. The van der Waals surface area contributed by atoms with Crippen molar-refractivity contribution >= 4 is 11.0 Å². The Morgan fingerprint density at radius 2 is 2.10 bits per heavy atom. The van der Waals surface area contributed by atoms with Gasteiger partial charge in [-0.25, -0.2) is 4.98 Å². The second kappa shape index (κ2) is 5.09. The largest absolute Gasteiger partial charge is 0.341 e. The second-order valence-corrected chi connectivity index (χ2v) is 5.55. The highest BCUT2D eigenvalue weighted by Gasteiger charge is 2.13. The van der Waals surface area contributed by atoms with Gasteiger partial charge in [-0.05, 0) is 30.5 Å². The maximum atomic E-state index is 6.18. The zero-order chi connectivity index (χ0) is 14.1. The SMILES string of the molecule is CC(C)CC(N)c1nc2cc(-c3cc[nH]n3)ccc2[nH]1. The highest BCUT2D eigenvalue weighted by Crippen LogP contribution is 2.24. The molecule has 5 heteroatoms. The van der Waals surface area contributed by atoms with Gasteiger partial charge in [-0.3, -0.25) is 5.10 Å². The summed E-state index contributed by atoms with van der Waals surface area (Å²) in [5.41, 5.74) is 10.1. The third kappa shape index (κ3) is 2.44. The molecule has 0 aliphatic rings. The Hall–Kier alpha value is -2.14. The summed E-state index contributed by atoms with van der Waals surface area (Å²) in [4.78, 5) is 7.93. The second-order valence-electron chi connectivity index (χ2n) is 5.55. The summed E-state index contributed by atoms with van der Waals surface area (Å²) in [6, 6.07) is 8.00. The van der Waals surface area contributed by atoms with Crippen molar-refractivity contribution in [3.05, 3.63) is 36.3 Å². The number of fused-ring (bicyclic) bond motifs is 1. The number of benzene rings is 1. The maximum Gasteiger partial charge on any atom is 0.124 e. The van der Waals surface area contributed by atoms with Gasteiger partial charge in [0.2, 0.25) is 0 Å². The van der Waals surface area contributed by atoms with Gasteiger partial charge >= 0.3 is 0 Å². The average Bonchev–Trinajstić information content (AvgIpc) is 3.06. The number of aromatic amines is 2. The van der Waals surface area contributed by atoms with Gasteiger partial charge in [-0.2, -0.15) is 5.10 Å². The van der Waals surface area contributed by atoms with Gasteiger partial charge in [-0.15, -0.1) is 0 Å². The zero-order valence-electron chi connectivity index (χ0n) is 11.7. The first kappa shape index (κ1) is 12.9. The molecule has 0 aliphatic heterocycles. The van der Waals surface area contributed by atoms with E-state index in [0.29, 0.717) is 5.92 Å². The fraction of sp³-hybridized carbons (Fsp3) is 0.333. The Morgan fingerprint density at radius 3 is 2.80 bits per heavy atom. The van der Waals surface area contributed by atoms with Crippen LogP contribution in [0.5, 0.6) is 0 Å². The first-order valence-electron chi connectivity index (χ1n) is 6.89. The number of H-pyrrole nitrogens is 2. The van der Waals surface area contributed by atoms with Crippen molar-refractivity contribution in [3.63, 3.8) is 0 Å². The van der Waals surface area contributed by atoms with Gasteiger partial charge in [0, 0.05) is 11.8 Å². The molecule has 0 saturated heterocycles. The Bertz CT molecular complexity index is 696. The average molecular weight is 269 g/mol. The Morgan fingerprint density at radius 1 is 1.25 bits per heavy atom. The predicted octanol–water partition coefficient (Wildman–Crippen LogP) is 3.00. The van der Waals surface area contributed by atoms with Gasteiger partial charge in [-0.1, -0.05) is 19.9 Å². The Kier molecular flexibility index (Phi) is 3.28. The van der Waals surface area contributed by atoms with Crippen molar-refractivity contribution in [2.24, 2.45) is 11.7 Å². The molecule has 1 atom stereocenters. The van der Waals surface area contributed by atoms with Crippen LogP contribution in [0.3, 0.4) is 0 Å². The smallest absolute Gasteiger partial charge is 0.124 e. The minimum absolute atomic E-state index is 0.0452. The van der Waals surface area contributed by atoms with Crippen LogP contribution in [0.2, 0.25) is 0 Å². The van der Waals surface area contributed by atoms with Crippen LogP contribution in [-0.2, 0) is 0 Å². The highest BCUT2D eigenvalue weighted by molar-refractivity contribution is 5.81. The lowest BCUT2D eigenvalue weighted by Crippen LogP contribution is -2.14. The minimum atomic E-state index is -0.0452. The number of rotatable bonds is 4. The monoisotopic (exact) mass is 269 g/mol. The van der Waals surface area contributed by atoms with Crippen molar-refractivity contribution in [2.75, 3.05) is 0 Å². The van der Waals surface area contributed by atoms with Crippen LogP contribution < -0.4 is 5.73 Å². The molecule has 0 fully saturated rings. The van der Waals surface area contributed by atoms with Gasteiger partial charge in [0.25, 0.3) is 0 Å². The van der Waals surface area contributed by atoms with Crippen molar-refractivity contribution in [1.82, 2.24) is 20.2 Å². The normalized spacial score (nSPS) is 13.2. The summed E-state index contributed by atoms with van der Waals surface area (Å²) in [5.74, 6) is 1.41. The first-order valence-corrected chi connectivity index (χ1v) is 6.89. The van der Waals surface area contributed by atoms with E-state index in [1.54, 1.807) is 0 Å². The number of hydrogen-bond acceptors (Lipinski definition) is 3. The van der Waals surface area contributed by atoms with E-state index in [2.05, 4.69) is 34.0 Å². The summed E-state index contributed by atoms with van der Waals surface area (Å²) < 4.78 is 0. The van der Waals surface area contributed by atoms with Crippen LogP contribution in [0.1, 0.15) is 32.1 Å². The van der Waals surface area contributed by atoms with Crippen LogP contribution in [0.25, 0.3) is 22.3 Å². The van der Waals surface area contributed by atoms with E-state index in [-0.39, 0.29) is 6.04 Å². The lowest BCUT2D eigenvalue weighted by molar-refractivity contribution is 0.496. The number of imidazole rings is 1.